The van der Waals surface area contributed by atoms with Gasteiger partial charge in [-0.2, -0.15) is 13.5 Å². The highest BCUT2D eigenvalue weighted by molar-refractivity contribution is 7.86. The quantitative estimate of drug-likeness (QED) is 0.179. The summed E-state index contributed by atoms with van der Waals surface area (Å²) >= 11 is 0. The van der Waals surface area contributed by atoms with Crippen molar-refractivity contribution in [3.63, 3.8) is 0 Å². The highest BCUT2D eigenvalue weighted by atomic mass is 32.2. The van der Waals surface area contributed by atoms with Crippen molar-refractivity contribution in [1.29, 1.82) is 0 Å². The van der Waals surface area contributed by atoms with Crippen LogP contribution in [0.4, 0.5) is 5.69 Å². The van der Waals surface area contributed by atoms with Crippen LogP contribution in [-0.4, -0.2) is 43.5 Å². The number of amides is 1. The summed E-state index contributed by atoms with van der Waals surface area (Å²) in [6, 6.07) is 19.1. The Balaban J connectivity index is 1.25. The number of fused-ring (bicyclic) bond motifs is 1. The number of hydrogen-bond acceptors (Lipinski definition) is 6. The number of aromatic nitrogens is 2. The molecule has 0 N–H and O–H groups in total. The maximum Gasteiger partial charge on any atom is 0.306 e. The van der Waals surface area contributed by atoms with E-state index in [1.807, 2.05) is 52.3 Å². The first-order valence-corrected chi connectivity index (χ1v) is 15.6. The van der Waals surface area contributed by atoms with E-state index in [-0.39, 0.29) is 11.7 Å². The number of hydrogen-bond donors (Lipinski definition) is 0. The highest BCUT2D eigenvalue weighted by Gasteiger charge is 2.24. The summed E-state index contributed by atoms with van der Waals surface area (Å²) in [6.07, 6.45) is 7.70. The largest absolute Gasteiger partial charge is 0.493 e. The molecule has 0 atom stereocenters. The lowest BCUT2D eigenvalue weighted by molar-refractivity contribution is -0.118. The molecule has 3 aromatic carbocycles. The third kappa shape index (κ3) is 6.97. The van der Waals surface area contributed by atoms with E-state index in [4.69, 9.17) is 8.92 Å². The van der Waals surface area contributed by atoms with Crippen molar-refractivity contribution >= 4 is 21.7 Å². The van der Waals surface area contributed by atoms with Crippen LogP contribution in [0.5, 0.6) is 11.5 Å². The number of carbonyl (C=O) groups is 1. The molecule has 1 aliphatic heterocycles. The standard InChI is InChI=1S/C32H35N3O5S/c1-23-9-4-15-31(24(23)2)39-18-8-16-32(36)35-17-7-13-29-28(12-6-14-30(29)35)26-20-33-34(22-26)21-25-10-5-11-27(19-25)40-41(3,37)38/h4-6,9-12,14-15,19-20,22H,7-8,13,16-18,21H2,1-3H3. The summed E-state index contributed by atoms with van der Waals surface area (Å²) in [6.45, 7) is 5.79. The number of rotatable bonds is 10. The van der Waals surface area contributed by atoms with Gasteiger partial charge in [0.15, 0.2) is 0 Å². The monoisotopic (exact) mass is 573 g/mol. The Morgan fingerprint density at radius 3 is 2.68 bits per heavy atom. The fourth-order valence-electron chi connectivity index (χ4n) is 5.22. The Kier molecular flexibility index (Phi) is 8.44. The molecule has 2 heterocycles. The van der Waals surface area contributed by atoms with Gasteiger partial charge in [0.25, 0.3) is 0 Å². The van der Waals surface area contributed by atoms with Crippen LogP contribution in [0.2, 0.25) is 0 Å². The van der Waals surface area contributed by atoms with E-state index in [1.54, 1.807) is 18.2 Å². The molecule has 5 rings (SSSR count). The Hall–Kier alpha value is -4.11. The lowest BCUT2D eigenvalue weighted by Crippen LogP contribution is -2.35. The van der Waals surface area contributed by atoms with Crippen LogP contribution < -0.4 is 13.8 Å². The average Bonchev–Trinajstić information content (AvgIpc) is 3.40. The van der Waals surface area contributed by atoms with Gasteiger partial charge < -0.3 is 13.8 Å². The Labute approximate surface area is 241 Å². The lowest BCUT2D eigenvalue weighted by Gasteiger charge is -2.31. The molecule has 0 spiro atoms. The molecule has 0 radical (unpaired) electrons. The molecular weight excluding hydrogens is 538 g/mol. The number of aryl methyl sites for hydroxylation is 1. The minimum absolute atomic E-state index is 0.111. The maximum absolute atomic E-state index is 13.3. The molecule has 0 saturated carbocycles. The van der Waals surface area contributed by atoms with Gasteiger partial charge >= 0.3 is 10.1 Å². The van der Waals surface area contributed by atoms with E-state index in [9.17, 15) is 13.2 Å². The lowest BCUT2D eigenvalue weighted by atomic mass is 9.93. The number of nitrogens with zero attached hydrogens (tertiary/aromatic N) is 3. The van der Waals surface area contributed by atoms with Gasteiger partial charge in [0, 0.05) is 30.4 Å². The van der Waals surface area contributed by atoms with E-state index in [0.29, 0.717) is 32.5 Å². The van der Waals surface area contributed by atoms with Crippen LogP contribution in [0.15, 0.2) is 73.1 Å². The molecule has 0 bridgehead atoms. The summed E-state index contributed by atoms with van der Waals surface area (Å²) in [7, 11) is -3.60. The fourth-order valence-corrected chi connectivity index (χ4v) is 5.68. The van der Waals surface area contributed by atoms with Crippen LogP contribution >= 0.6 is 0 Å². The SMILES string of the molecule is Cc1cccc(OCCCC(=O)N2CCCc3c(-c4cnn(Cc5cccc(OS(C)(=O)=O)c5)c4)cccc32)c1C. The zero-order chi connectivity index (χ0) is 29.0. The van der Waals surface area contributed by atoms with Crippen molar-refractivity contribution in [2.75, 3.05) is 24.3 Å². The molecule has 0 fully saturated rings. The van der Waals surface area contributed by atoms with Crippen molar-refractivity contribution in [3.8, 4) is 22.6 Å². The third-order valence-corrected chi connectivity index (χ3v) is 7.83. The predicted molar refractivity (Wildman–Crippen MR) is 160 cm³/mol. The predicted octanol–water partition coefficient (Wildman–Crippen LogP) is 5.69. The van der Waals surface area contributed by atoms with Crippen LogP contribution in [0, 0.1) is 13.8 Å². The first kappa shape index (κ1) is 28.4. The molecule has 0 aliphatic carbocycles. The van der Waals surface area contributed by atoms with Gasteiger partial charge in [-0.15, -0.1) is 0 Å². The van der Waals surface area contributed by atoms with Gasteiger partial charge in [0.2, 0.25) is 5.91 Å². The zero-order valence-electron chi connectivity index (χ0n) is 23.7. The van der Waals surface area contributed by atoms with E-state index < -0.39 is 10.1 Å². The first-order valence-electron chi connectivity index (χ1n) is 13.8. The molecule has 1 aromatic heterocycles. The minimum atomic E-state index is -3.60. The van der Waals surface area contributed by atoms with Crippen LogP contribution in [0.25, 0.3) is 11.1 Å². The number of benzene rings is 3. The Morgan fingerprint density at radius 1 is 1.05 bits per heavy atom. The van der Waals surface area contributed by atoms with Crippen molar-refractivity contribution in [1.82, 2.24) is 9.78 Å². The zero-order valence-corrected chi connectivity index (χ0v) is 24.5. The Morgan fingerprint density at radius 2 is 1.85 bits per heavy atom. The molecule has 8 nitrogen and oxygen atoms in total. The summed E-state index contributed by atoms with van der Waals surface area (Å²) < 4.78 is 35.8. The van der Waals surface area contributed by atoms with Gasteiger partial charge in [-0.1, -0.05) is 36.4 Å². The van der Waals surface area contributed by atoms with Crippen molar-refractivity contribution in [3.05, 3.63) is 95.3 Å². The van der Waals surface area contributed by atoms with Gasteiger partial charge in [-0.25, -0.2) is 0 Å². The second-order valence-electron chi connectivity index (χ2n) is 10.5. The highest BCUT2D eigenvalue weighted by Crippen LogP contribution is 2.36. The average molecular weight is 574 g/mol. The molecule has 0 saturated heterocycles. The molecule has 41 heavy (non-hydrogen) atoms. The Bertz CT molecular complexity index is 1660. The van der Waals surface area contributed by atoms with Gasteiger partial charge in [-0.05, 0) is 85.2 Å². The van der Waals surface area contributed by atoms with E-state index >= 15 is 0 Å². The summed E-state index contributed by atoms with van der Waals surface area (Å²) in [5.41, 5.74) is 7.36. The second kappa shape index (κ2) is 12.2. The first-order chi connectivity index (χ1) is 19.7. The summed E-state index contributed by atoms with van der Waals surface area (Å²) in [5.74, 6) is 1.26. The molecule has 1 amide bonds. The molecule has 214 valence electrons. The molecular formula is C32H35N3O5S. The van der Waals surface area contributed by atoms with E-state index in [0.717, 1.165) is 58.4 Å². The molecule has 1 aliphatic rings. The molecule has 0 unspecified atom stereocenters. The van der Waals surface area contributed by atoms with E-state index in [1.165, 1.54) is 5.56 Å². The summed E-state index contributed by atoms with van der Waals surface area (Å²) in [4.78, 5) is 15.2. The van der Waals surface area contributed by atoms with Crippen molar-refractivity contribution < 1.29 is 22.1 Å². The maximum atomic E-state index is 13.3. The van der Waals surface area contributed by atoms with E-state index in [2.05, 4.69) is 31.1 Å². The van der Waals surface area contributed by atoms with Crippen molar-refractivity contribution in [2.45, 2.75) is 46.1 Å². The summed E-state index contributed by atoms with van der Waals surface area (Å²) in [5, 5.41) is 4.54. The normalized spacial score (nSPS) is 13.1. The second-order valence-corrected chi connectivity index (χ2v) is 12.0. The topological polar surface area (TPSA) is 90.7 Å². The minimum Gasteiger partial charge on any atom is -0.493 e. The number of carbonyl (C=O) groups excluding carboxylic acids is 1. The molecule has 9 heteroatoms. The smallest absolute Gasteiger partial charge is 0.306 e. The van der Waals surface area contributed by atoms with Gasteiger partial charge in [-0.3, -0.25) is 9.48 Å². The number of ether oxygens (including phenoxy) is 1. The molecule has 4 aromatic rings. The van der Waals surface area contributed by atoms with Crippen LogP contribution in [-0.2, 0) is 27.9 Å². The van der Waals surface area contributed by atoms with Gasteiger partial charge in [0.1, 0.15) is 11.5 Å². The van der Waals surface area contributed by atoms with Crippen molar-refractivity contribution in [2.24, 2.45) is 0 Å². The number of anilines is 1. The van der Waals surface area contributed by atoms with Gasteiger partial charge in [0.05, 0.1) is 25.6 Å². The van der Waals surface area contributed by atoms with Crippen LogP contribution in [0.1, 0.15) is 41.5 Å². The third-order valence-electron chi connectivity index (χ3n) is 7.33. The van der Waals surface area contributed by atoms with Crippen LogP contribution in [0.3, 0.4) is 0 Å². The fraction of sp³-hybridized carbons (Fsp3) is 0.312.